The third kappa shape index (κ3) is 4.47. The fourth-order valence-electron chi connectivity index (χ4n) is 6.99. The lowest BCUT2D eigenvalue weighted by Gasteiger charge is -2.54. The van der Waals surface area contributed by atoms with E-state index in [0.29, 0.717) is 33.5 Å². The number of carbonyl (C=O) groups is 5. The van der Waals surface area contributed by atoms with Gasteiger partial charge in [-0.05, 0) is 46.5 Å². The molecular formula is C36H26Cl2N2O6. The number of carbonyl (C=O) groups excluding carboxylic acids is 5. The number of halogens is 2. The van der Waals surface area contributed by atoms with Gasteiger partial charge < -0.3 is 10.1 Å². The number of imide groups is 1. The number of amides is 3. The van der Waals surface area contributed by atoms with Crippen molar-refractivity contribution in [2.75, 3.05) is 18.5 Å². The smallest absolute Gasteiger partial charge is 0.338 e. The van der Waals surface area contributed by atoms with Crippen LogP contribution in [0, 0.1) is 11.8 Å². The van der Waals surface area contributed by atoms with Gasteiger partial charge in [-0.15, -0.1) is 23.2 Å². The van der Waals surface area contributed by atoms with Gasteiger partial charge in [-0.2, -0.15) is 0 Å². The largest absolute Gasteiger partial charge is 0.454 e. The Hall–Kier alpha value is -4.79. The minimum atomic E-state index is -1.28. The molecule has 1 aliphatic heterocycles. The zero-order valence-electron chi connectivity index (χ0n) is 24.2. The van der Waals surface area contributed by atoms with Crippen LogP contribution in [0.3, 0.4) is 0 Å². The van der Waals surface area contributed by atoms with Gasteiger partial charge in [0.15, 0.2) is 12.4 Å². The van der Waals surface area contributed by atoms with E-state index in [1.54, 1.807) is 30.3 Å². The molecule has 0 radical (unpaired) electrons. The summed E-state index contributed by atoms with van der Waals surface area (Å²) in [6.45, 7) is -0.548. The minimum Gasteiger partial charge on any atom is -0.454 e. The highest BCUT2D eigenvalue weighted by atomic mass is 35.5. The second-order valence-corrected chi connectivity index (χ2v) is 12.7. The molecule has 0 spiro atoms. The van der Waals surface area contributed by atoms with E-state index in [9.17, 15) is 24.0 Å². The lowest BCUT2D eigenvalue weighted by atomic mass is 9.54. The van der Waals surface area contributed by atoms with Crippen LogP contribution in [0.25, 0.3) is 0 Å². The Morgan fingerprint density at radius 2 is 1.15 bits per heavy atom. The lowest BCUT2D eigenvalue weighted by Crippen LogP contribution is -2.57. The second kappa shape index (κ2) is 11.2. The first-order valence-corrected chi connectivity index (χ1v) is 15.5. The van der Waals surface area contributed by atoms with Gasteiger partial charge >= 0.3 is 5.97 Å². The summed E-state index contributed by atoms with van der Waals surface area (Å²) in [5.41, 5.74) is 3.89. The molecule has 0 unspecified atom stereocenters. The van der Waals surface area contributed by atoms with Gasteiger partial charge in [0, 0.05) is 24.2 Å². The average molecular weight is 654 g/mol. The first-order valence-electron chi connectivity index (χ1n) is 14.7. The van der Waals surface area contributed by atoms with Crippen molar-refractivity contribution in [3.8, 4) is 0 Å². The molecule has 0 aromatic heterocycles. The van der Waals surface area contributed by atoms with Crippen LogP contribution in [0.2, 0.25) is 0 Å². The maximum atomic E-state index is 13.9. The fraction of sp³-hybridized carbons (Fsp3) is 0.194. The Morgan fingerprint density at radius 1 is 0.674 bits per heavy atom. The van der Waals surface area contributed by atoms with E-state index in [1.807, 2.05) is 48.5 Å². The molecule has 4 aliphatic rings. The number of esters is 1. The third-order valence-corrected chi connectivity index (χ3v) is 10.4. The summed E-state index contributed by atoms with van der Waals surface area (Å²) >= 11 is 14.9. The third-order valence-electron chi connectivity index (χ3n) is 9.07. The Kier molecular flexibility index (Phi) is 7.30. The van der Waals surface area contributed by atoms with E-state index < -0.39 is 51.9 Å². The number of anilines is 1. The van der Waals surface area contributed by atoms with Crippen LogP contribution in [0.5, 0.6) is 0 Å². The van der Waals surface area contributed by atoms with Gasteiger partial charge in [0.05, 0.1) is 17.4 Å². The highest BCUT2D eigenvalue weighted by molar-refractivity contribution is 6.36. The number of ether oxygens (including phenoxy) is 1. The number of nitrogens with one attached hydrogen (secondary N) is 1. The Morgan fingerprint density at radius 3 is 1.65 bits per heavy atom. The molecule has 1 fully saturated rings. The molecule has 8 nitrogen and oxygen atoms in total. The van der Waals surface area contributed by atoms with Crippen LogP contribution in [-0.4, -0.2) is 47.5 Å². The van der Waals surface area contributed by atoms with Gasteiger partial charge in [-0.25, -0.2) is 4.79 Å². The molecular weight excluding hydrogens is 627 g/mol. The average Bonchev–Trinajstić information content (AvgIpc) is 3.35. The lowest BCUT2D eigenvalue weighted by molar-refractivity contribution is -0.140. The molecule has 10 heteroatoms. The quantitative estimate of drug-likeness (QED) is 0.114. The highest BCUT2D eigenvalue weighted by Crippen LogP contribution is 2.69. The predicted octanol–water partition coefficient (Wildman–Crippen LogP) is 5.65. The van der Waals surface area contributed by atoms with E-state index in [2.05, 4.69) is 5.32 Å². The van der Waals surface area contributed by atoms with E-state index in [1.165, 1.54) is 24.3 Å². The number of ketones is 1. The van der Waals surface area contributed by atoms with Crippen LogP contribution in [0.4, 0.5) is 5.69 Å². The van der Waals surface area contributed by atoms with E-state index in [-0.39, 0.29) is 24.3 Å². The van der Waals surface area contributed by atoms with Gasteiger partial charge in [0.25, 0.3) is 0 Å². The topological polar surface area (TPSA) is 110 Å². The van der Waals surface area contributed by atoms with Gasteiger partial charge in [0.1, 0.15) is 9.75 Å². The van der Waals surface area contributed by atoms with E-state index in [4.69, 9.17) is 27.9 Å². The first kappa shape index (κ1) is 29.9. The maximum Gasteiger partial charge on any atom is 0.338 e. The van der Waals surface area contributed by atoms with Gasteiger partial charge in [-0.3, -0.25) is 24.1 Å². The van der Waals surface area contributed by atoms with Gasteiger partial charge in [-0.1, -0.05) is 78.9 Å². The summed E-state index contributed by atoms with van der Waals surface area (Å²) in [5.74, 6) is -4.21. The van der Waals surface area contributed by atoms with Crippen LogP contribution in [0.15, 0.2) is 103 Å². The summed E-state index contributed by atoms with van der Waals surface area (Å²) < 4.78 is 5.13. The summed E-state index contributed by atoms with van der Waals surface area (Å²) in [6.07, 6.45) is -0.160. The Balaban J connectivity index is 1.01. The fourth-order valence-corrected chi connectivity index (χ4v) is 8.09. The summed E-state index contributed by atoms with van der Waals surface area (Å²) in [6, 6.07) is 29.3. The van der Waals surface area contributed by atoms with E-state index >= 15 is 0 Å². The number of hydrogen-bond acceptors (Lipinski definition) is 6. The molecule has 2 bridgehead atoms. The van der Waals surface area contributed by atoms with Crippen molar-refractivity contribution in [2.45, 2.75) is 16.2 Å². The molecule has 8 rings (SSSR count). The number of likely N-dealkylation sites (tertiary alicyclic amines) is 1. The van der Waals surface area contributed by atoms with Gasteiger partial charge in [0.2, 0.25) is 17.7 Å². The molecule has 2 atom stereocenters. The molecule has 0 saturated carbocycles. The van der Waals surface area contributed by atoms with Crippen molar-refractivity contribution in [3.05, 3.63) is 137 Å². The van der Waals surface area contributed by atoms with Crippen molar-refractivity contribution in [2.24, 2.45) is 11.8 Å². The normalized spacial score (nSPS) is 23.7. The molecule has 46 heavy (non-hydrogen) atoms. The summed E-state index contributed by atoms with van der Waals surface area (Å²) in [5, 5.41) is 2.72. The number of nitrogens with zero attached hydrogens (tertiary/aromatic N) is 1. The van der Waals surface area contributed by atoms with Crippen molar-refractivity contribution in [1.82, 2.24) is 4.90 Å². The Bertz CT molecular complexity index is 1800. The first-order chi connectivity index (χ1) is 22.2. The molecule has 1 saturated heterocycles. The summed E-state index contributed by atoms with van der Waals surface area (Å²) in [7, 11) is 0. The zero-order chi connectivity index (χ0) is 32.2. The standard InChI is InChI=1S/C36H26Cl2N2O6/c37-35-24-10-4-5-11-25(24)36(38,27-13-7-6-12-26(27)35)31-30(35)32(43)40(33(31)44)19-18-29(42)39-23-16-14-22(15-17-23)34(45)46-20-28(41)21-8-2-1-3-9-21/h1-17,30-31H,18-20H2,(H,39,42)/t30-,31-,35?,36?/m1/s1. The molecule has 3 aliphatic carbocycles. The molecule has 4 aromatic rings. The molecule has 3 amide bonds. The molecule has 4 aromatic carbocycles. The number of benzene rings is 4. The minimum absolute atomic E-state index is 0.150. The predicted molar refractivity (Wildman–Crippen MR) is 171 cm³/mol. The van der Waals surface area contributed by atoms with E-state index in [0.717, 1.165) is 4.90 Å². The van der Waals surface area contributed by atoms with Crippen LogP contribution in [-0.2, 0) is 28.9 Å². The SMILES string of the molecule is O=C(CCN1C(=O)[C@H]2[C@H](C1=O)C1(Cl)c3ccccc3C2(Cl)c2ccccc21)Nc1ccc(C(=O)OCC(=O)c2ccccc2)cc1. The zero-order valence-corrected chi connectivity index (χ0v) is 25.8. The maximum absolute atomic E-state index is 13.9. The number of hydrogen-bond donors (Lipinski definition) is 1. The van der Waals surface area contributed by atoms with Crippen molar-refractivity contribution < 1.29 is 28.7 Å². The second-order valence-electron chi connectivity index (χ2n) is 11.5. The Labute approximate surface area is 274 Å². The van der Waals surface area contributed by atoms with Crippen molar-refractivity contribution >= 4 is 58.4 Å². The molecule has 230 valence electrons. The highest BCUT2D eigenvalue weighted by Gasteiger charge is 2.72. The van der Waals surface area contributed by atoms with Crippen LogP contribution >= 0.6 is 23.2 Å². The van der Waals surface area contributed by atoms with Crippen molar-refractivity contribution in [3.63, 3.8) is 0 Å². The van der Waals surface area contributed by atoms with Crippen molar-refractivity contribution in [1.29, 1.82) is 0 Å². The summed E-state index contributed by atoms with van der Waals surface area (Å²) in [4.78, 5) is 63.9. The monoisotopic (exact) mass is 652 g/mol. The van der Waals surface area contributed by atoms with Crippen LogP contribution < -0.4 is 5.32 Å². The van der Waals surface area contributed by atoms with Crippen LogP contribution in [0.1, 0.15) is 49.4 Å². The number of alkyl halides is 2. The number of Topliss-reactive ketones (excluding diaryl/α,β-unsaturated/α-hetero) is 1. The number of rotatable bonds is 8. The molecule has 1 heterocycles. The molecule has 1 N–H and O–H groups in total.